The van der Waals surface area contributed by atoms with E-state index in [-0.39, 0.29) is 0 Å². The number of benzene rings is 1. The van der Waals surface area contributed by atoms with Crippen LogP contribution in [-0.4, -0.2) is 22.2 Å². The maximum Gasteiger partial charge on any atom is 0.174 e. The Morgan fingerprint density at radius 3 is 3.00 bits per heavy atom. The van der Waals surface area contributed by atoms with Gasteiger partial charge in [-0.3, -0.25) is 0 Å². The smallest absolute Gasteiger partial charge is 0.174 e. The Bertz CT molecular complexity index is 682. The van der Waals surface area contributed by atoms with Crippen molar-refractivity contribution < 1.29 is 0 Å². The highest BCUT2D eigenvalue weighted by Crippen LogP contribution is 2.28. The summed E-state index contributed by atoms with van der Waals surface area (Å²) in [6.07, 6.45) is 0. The first-order valence-corrected chi connectivity index (χ1v) is 7.69. The zero-order chi connectivity index (χ0) is 13.1. The second-order valence-electron chi connectivity index (χ2n) is 3.93. The van der Waals surface area contributed by atoms with Gasteiger partial charge in [-0.1, -0.05) is 41.3 Å². The van der Waals surface area contributed by atoms with E-state index < -0.39 is 0 Å². The van der Waals surface area contributed by atoms with E-state index in [1.165, 1.54) is 5.56 Å². The first kappa shape index (κ1) is 12.4. The largest absolute Gasteiger partial charge is 0.373 e. The van der Waals surface area contributed by atoms with Gasteiger partial charge in [-0.2, -0.15) is 0 Å². The molecule has 0 aliphatic heterocycles. The van der Waals surface area contributed by atoms with Crippen molar-refractivity contribution in [1.82, 2.24) is 15.2 Å². The molecule has 0 unspecified atom stereocenters. The second-order valence-corrected chi connectivity index (χ2v) is 5.99. The van der Waals surface area contributed by atoms with Crippen molar-refractivity contribution >= 4 is 39.8 Å². The standard InChI is InChI=1S/C13H12N4S2/c1-14-12-10(7-18-13-17-15-8-19-13)6-9-4-2-3-5-11(9)16-12/h2-6,8H,7H2,1H3,(H,14,16). The molecular formula is C13H12N4S2. The van der Waals surface area contributed by atoms with Gasteiger partial charge < -0.3 is 5.32 Å². The Balaban J connectivity index is 1.92. The minimum absolute atomic E-state index is 0.837. The maximum atomic E-state index is 4.64. The molecule has 1 N–H and O–H groups in total. The molecule has 0 aliphatic rings. The Morgan fingerprint density at radius 2 is 2.21 bits per heavy atom. The number of hydrogen-bond donors (Lipinski definition) is 1. The van der Waals surface area contributed by atoms with Crippen molar-refractivity contribution in [3.8, 4) is 0 Å². The highest BCUT2D eigenvalue weighted by Gasteiger charge is 2.07. The highest BCUT2D eigenvalue weighted by atomic mass is 32.2. The number of rotatable bonds is 4. The van der Waals surface area contributed by atoms with Gasteiger partial charge >= 0.3 is 0 Å². The summed E-state index contributed by atoms with van der Waals surface area (Å²) in [5.41, 5.74) is 3.94. The maximum absolute atomic E-state index is 4.64. The fourth-order valence-electron chi connectivity index (χ4n) is 1.85. The van der Waals surface area contributed by atoms with Crippen LogP contribution < -0.4 is 5.32 Å². The Labute approximate surface area is 119 Å². The van der Waals surface area contributed by atoms with Crippen LogP contribution in [0, 0.1) is 0 Å². The molecule has 0 fully saturated rings. The number of thioether (sulfide) groups is 1. The van der Waals surface area contributed by atoms with Crippen LogP contribution in [0.5, 0.6) is 0 Å². The molecule has 1 aromatic carbocycles. The lowest BCUT2D eigenvalue weighted by molar-refractivity contribution is 1.01. The average Bonchev–Trinajstić information content (AvgIpc) is 2.97. The molecule has 0 aliphatic carbocycles. The minimum Gasteiger partial charge on any atom is -0.373 e. The van der Waals surface area contributed by atoms with Crippen molar-refractivity contribution in [2.75, 3.05) is 12.4 Å². The molecule has 2 aromatic heterocycles. The highest BCUT2D eigenvalue weighted by molar-refractivity contribution is 8.00. The van der Waals surface area contributed by atoms with Gasteiger partial charge in [-0.05, 0) is 12.1 Å². The number of pyridine rings is 1. The third kappa shape index (κ3) is 2.69. The average molecular weight is 288 g/mol. The topological polar surface area (TPSA) is 50.7 Å². The molecule has 2 heterocycles. The predicted molar refractivity (Wildman–Crippen MR) is 80.8 cm³/mol. The van der Waals surface area contributed by atoms with Gasteiger partial charge in [0, 0.05) is 23.8 Å². The van der Waals surface area contributed by atoms with E-state index >= 15 is 0 Å². The molecule has 4 nitrogen and oxygen atoms in total. The van der Waals surface area contributed by atoms with Crippen molar-refractivity contribution in [3.05, 3.63) is 41.4 Å². The zero-order valence-corrected chi connectivity index (χ0v) is 12.0. The van der Waals surface area contributed by atoms with Gasteiger partial charge in [0.25, 0.3) is 0 Å². The Morgan fingerprint density at radius 1 is 1.32 bits per heavy atom. The monoisotopic (exact) mass is 288 g/mol. The molecule has 0 saturated carbocycles. The molecule has 0 saturated heterocycles. The minimum atomic E-state index is 0.837. The van der Waals surface area contributed by atoms with Crippen LogP contribution in [0.1, 0.15) is 5.56 Å². The van der Waals surface area contributed by atoms with Crippen molar-refractivity contribution in [2.45, 2.75) is 10.1 Å². The van der Waals surface area contributed by atoms with Gasteiger partial charge in [0.05, 0.1) is 5.52 Å². The molecule has 0 radical (unpaired) electrons. The van der Waals surface area contributed by atoms with Crippen molar-refractivity contribution in [2.24, 2.45) is 0 Å². The third-order valence-electron chi connectivity index (χ3n) is 2.73. The zero-order valence-electron chi connectivity index (χ0n) is 10.3. The summed E-state index contributed by atoms with van der Waals surface area (Å²) in [6.45, 7) is 0. The molecule has 19 heavy (non-hydrogen) atoms. The van der Waals surface area contributed by atoms with Crippen LogP contribution in [0.15, 0.2) is 40.2 Å². The lowest BCUT2D eigenvalue weighted by Crippen LogP contribution is -1.98. The van der Waals surface area contributed by atoms with Gasteiger partial charge in [0.1, 0.15) is 11.3 Å². The first-order valence-electron chi connectivity index (χ1n) is 5.82. The number of nitrogens with zero attached hydrogens (tertiary/aromatic N) is 3. The van der Waals surface area contributed by atoms with E-state index in [9.17, 15) is 0 Å². The van der Waals surface area contributed by atoms with Gasteiger partial charge in [-0.15, -0.1) is 10.2 Å². The summed E-state index contributed by atoms with van der Waals surface area (Å²) in [4.78, 5) is 4.64. The van der Waals surface area contributed by atoms with Crippen LogP contribution in [-0.2, 0) is 5.75 Å². The van der Waals surface area contributed by atoms with Crippen LogP contribution in [0.4, 0.5) is 5.82 Å². The molecule has 3 aromatic rings. The first-order chi connectivity index (χ1) is 9.36. The van der Waals surface area contributed by atoms with Crippen LogP contribution >= 0.6 is 23.1 Å². The number of nitrogens with one attached hydrogen (secondary N) is 1. The van der Waals surface area contributed by atoms with Gasteiger partial charge in [0.15, 0.2) is 4.34 Å². The molecule has 96 valence electrons. The molecule has 6 heteroatoms. The van der Waals surface area contributed by atoms with E-state index in [4.69, 9.17) is 0 Å². The lowest BCUT2D eigenvalue weighted by Gasteiger charge is -2.09. The molecule has 0 atom stereocenters. The van der Waals surface area contributed by atoms with Crippen LogP contribution in [0.3, 0.4) is 0 Å². The normalized spacial score (nSPS) is 10.8. The van der Waals surface area contributed by atoms with E-state index in [1.807, 2.05) is 25.2 Å². The van der Waals surface area contributed by atoms with Crippen LogP contribution in [0.2, 0.25) is 0 Å². The van der Waals surface area contributed by atoms with E-state index in [0.717, 1.165) is 26.8 Å². The van der Waals surface area contributed by atoms with Crippen molar-refractivity contribution in [1.29, 1.82) is 0 Å². The van der Waals surface area contributed by atoms with E-state index in [0.29, 0.717) is 0 Å². The van der Waals surface area contributed by atoms with Gasteiger partial charge in [0.2, 0.25) is 0 Å². The Kier molecular flexibility index (Phi) is 3.61. The lowest BCUT2D eigenvalue weighted by atomic mass is 10.1. The molecule has 0 bridgehead atoms. The van der Waals surface area contributed by atoms with Gasteiger partial charge in [-0.25, -0.2) is 4.98 Å². The fraction of sp³-hybridized carbons (Fsp3) is 0.154. The number of hydrogen-bond acceptors (Lipinski definition) is 6. The molecule has 0 spiro atoms. The number of fused-ring (bicyclic) bond motifs is 1. The SMILES string of the molecule is CNc1nc2ccccc2cc1CSc1nncs1. The summed E-state index contributed by atoms with van der Waals surface area (Å²) < 4.78 is 0.982. The predicted octanol–water partition coefficient (Wildman–Crippen LogP) is 3.42. The summed E-state index contributed by atoms with van der Waals surface area (Å²) in [7, 11) is 1.90. The second kappa shape index (κ2) is 5.54. The summed E-state index contributed by atoms with van der Waals surface area (Å²) in [5.74, 6) is 1.76. The number of para-hydroxylation sites is 1. The fourth-order valence-corrected chi connectivity index (χ4v) is 3.31. The summed E-state index contributed by atoms with van der Waals surface area (Å²) in [6, 6.07) is 10.3. The summed E-state index contributed by atoms with van der Waals surface area (Å²) in [5, 5.41) is 12.2. The quantitative estimate of drug-likeness (QED) is 0.745. The molecule has 3 rings (SSSR count). The summed E-state index contributed by atoms with van der Waals surface area (Å²) >= 11 is 3.24. The number of anilines is 1. The van der Waals surface area contributed by atoms with E-state index in [1.54, 1.807) is 28.6 Å². The number of aromatic nitrogens is 3. The van der Waals surface area contributed by atoms with E-state index in [2.05, 4.69) is 32.6 Å². The molecule has 0 amide bonds. The third-order valence-corrected chi connectivity index (χ3v) is 4.64. The Hall–Kier alpha value is -1.66. The molecular weight excluding hydrogens is 276 g/mol. The van der Waals surface area contributed by atoms with Crippen molar-refractivity contribution in [3.63, 3.8) is 0 Å². The van der Waals surface area contributed by atoms with Crippen LogP contribution in [0.25, 0.3) is 10.9 Å².